The van der Waals surface area contributed by atoms with Crippen LogP contribution in [0.15, 0.2) is 5.38 Å². The highest BCUT2D eigenvalue weighted by molar-refractivity contribution is 7.09. The van der Waals surface area contributed by atoms with Crippen molar-refractivity contribution in [3.63, 3.8) is 0 Å². The van der Waals surface area contributed by atoms with Gasteiger partial charge in [0.1, 0.15) is 0 Å². The molecule has 1 atom stereocenters. The Morgan fingerprint density at radius 2 is 1.95 bits per heavy atom. The third kappa shape index (κ3) is 6.53. The number of thiazole rings is 1. The summed E-state index contributed by atoms with van der Waals surface area (Å²) in [5.41, 5.74) is 1.41. The van der Waals surface area contributed by atoms with E-state index < -0.39 is 0 Å². The van der Waals surface area contributed by atoms with Gasteiger partial charge in [-0.3, -0.25) is 0 Å². The van der Waals surface area contributed by atoms with E-state index in [1.54, 1.807) is 0 Å². The number of hydrogen-bond donors (Lipinski definition) is 1. The lowest BCUT2D eigenvalue weighted by atomic mass is 9.93. The normalized spacial score (nSPS) is 14.1. The summed E-state index contributed by atoms with van der Waals surface area (Å²) in [5, 5.41) is 7.03. The van der Waals surface area contributed by atoms with Crippen molar-refractivity contribution >= 4 is 11.3 Å². The Balaban J connectivity index is 2.32. The van der Waals surface area contributed by atoms with Gasteiger partial charge in [0.05, 0.1) is 10.7 Å². The maximum Gasteiger partial charge on any atom is 0.0931 e. The van der Waals surface area contributed by atoms with E-state index in [1.807, 2.05) is 11.3 Å². The molecular formula is C16H30N2S. The second kappa shape index (κ2) is 7.39. The molecule has 1 aromatic rings. The molecule has 19 heavy (non-hydrogen) atoms. The Bertz CT molecular complexity index is 363. The molecule has 1 heterocycles. The van der Waals surface area contributed by atoms with Crippen molar-refractivity contribution in [2.75, 3.05) is 13.1 Å². The minimum atomic E-state index is 0.177. The Kier molecular flexibility index (Phi) is 6.48. The highest BCUT2D eigenvalue weighted by Crippen LogP contribution is 2.25. The molecule has 0 spiro atoms. The van der Waals surface area contributed by atoms with Gasteiger partial charge in [0.2, 0.25) is 0 Å². The van der Waals surface area contributed by atoms with Gasteiger partial charge in [-0.25, -0.2) is 4.98 Å². The average Bonchev–Trinajstić information content (AvgIpc) is 2.72. The molecule has 0 amide bonds. The van der Waals surface area contributed by atoms with Gasteiger partial charge in [-0.15, -0.1) is 11.3 Å². The molecule has 0 saturated carbocycles. The van der Waals surface area contributed by atoms with E-state index in [0.717, 1.165) is 25.4 Å². The van der Waals surface area contributed by atoms with Crippen LogP contribution in [0, 0.1) is 11.8 Å². The lowest BCUT2D eigenvalue weighted by Gasteiger charge is -2.14. The zero-order valence-electron chi connectivity index (χ0n) is 13.4. The summed E-state index contributed by atoms with van der Waals surface area (Å²) in [6.07, 6.45) is 2.35. The topological polar surface area (TPSA) is 24.9 Å². The largest absolute Gasteiger partial charge is 0.316 e. The van der Waals surface area contributed by atoms with Crippen LogP contribution < -0.4 is 5.32 Å². The first-order valence-corrected chi connectivity index (χ1v) is 8.32. The molecule has 0 aliphatic rings. The van der Waals surface area contributed by atoms with Gasteiger partial charge in [-0.05, 0) is 31.3 Å². The third-order valence-corrected chi connectivity index (χ3v) is 4.08. The first kappa shape index (κ1) is 16.6. The first-order chi connectivity index (χ1) is 8.79. The fourth-order valence-corrected chi connectivity index (χ4v) is 3.07. The number of hydrogen-bond acceptors (Lipinski definition) is 3. The molecule has 110 valence electrons. The summed E-state index contributed by atoms with van der Waals surface area (Å²) in [7, 11) is 0. The van der Waals surface area contributed by atoms with Crippen molar-refractivity contribution < 1.29 is 0 Å². The van der Waals surface area contributed by atoms with E-state index in [1.165, 1.54) is 17.1 Å². The molecule has 1 unspecified atom stereocenters. The van der Waals surface area contributed by atoms with E-state index >= 15 is 0 Å². The highest BCUT2D eigenvalue weighted by atomic mass is 32.1. The standard InChI is InChI=1S/C16H30N2S/c1-12(2)10-17-8-7-13(3)9-15-18-14(11-19-15)16(4,5)6/h11-13,17H,7-10H2,1-6H3. The quantitative estimate of drug-likeness (QED) is 0.756. The molecule has 0 aliphatic carbocycles. The SMILES string of the molecule is CC(C)CNCCC(C)Cc1nc(C(C)(C)C)cs1. The molecular weight excluding hydrogens is 252 g/mol. The van der Waals surface area contributed by atoms with Gasteiger partial charge in [0.25, 0.3) is 0 Å². The van der Waals surface area contributed by atoms with Gasteiger partial charge in [-0.1, -0.05) is 41.5 Å². The Morgan fingerprint density at radius 3 is 2.47 bits per heavy atom. The Labute approximate surface area is 123 Å². The van der Waals surface area contributed by atoms with Crippen LogP contribution in [0.3, 0.4) is 0 Å². The second-order valence-corrected chi connectivity index (χ2v) is 8.02. The summed E-state index contributed by atoms with van der Waals surface area (Å²) in [4.78, 5) is 4.78. The van der Waals surface area contributed by atoms with Crippen LogP contribution in [0.1, 0.15) is 58.7 Å². The van der Waals surface area contributed by atoms with Crippen LogP contribution in [-0.2, 0) is 11.8 Å². The van der Waals surface area contributed by atoms with Crippen molar-refractivity contribution in [1.29, 1.82) is 0 Å². The zero-order valence-corrected chi connectivity index (χ0v) is 14.2. The summed E-state index contributed by atoms with van der Waals surface area (Å²) in [6, 6.07) is 0. The van der Waals surface area contributed by atoms with Crippen LogP contribution in [0.2, 0.25) is 0 Å². The van der Waals surface area contributed by atoms with Gasteiger partial charge in [-0.2, -0.15) is 0 Å². The molecule has 0 fully saturated rings. The van der Waals surface area contributed by atoms with Crippen LogP contribution in [0.5, 0.6) is 0 Å². The van der Waals surface area contributed by atoms with E-state index in [-0.39, 0.29) is 5.41 Å². The lowest BCUT2D eigenvalue weighted by Crippen LogP contribution is -2.22. The minimum Gasteiger partial charge on any atom is -0.316 e. The van der Waals surface area contributed by atoms with Crippen molar-refractivity contribution in [2.24, 2.45) is 11.8 Å². The van der Waals surface area contributed by atoms with Crippen molar-refractivity contribution in [3.8, 4) is 0 Å². The molecule has 0 aromatic carbocycles. The van der Waals surface area contributed by atoms with Crippen LogP contribution in [0.25, 0.3) is 0 Å². The van der Waals surface area contributed by atoms with Crippen LogP contribution in [-0.4, -0.2) is 18.1 Å². The van der Waals surface area contributed by atoms with Crippen LogP contribution in [0.4, 0.5) is 0 Å². The summed E-state index contributed by atoms with van der Waals surface area (Å²) in [6.45, 7) is 15.8. The maximum absolute atomic E-state index is 4.78. The Hall–Kier alpha value is -0.410. The maximum atomic E-state index is 4.78. The highest BCUT2D eigenvalue weighted by Gasteiger charge is 2.18. The van der Waals surface area contributed by atoms with Gasteiger partial charge in [0, 0.05) is 17.2 Å². The van der Waals surface area contributed by atoms with Gasteiger partial charge in [0.15, 0.2) is 0 Å². The fraction of sp³-hybridized carbons (Fsp3) is 0.812. The fourth-order valence-electron chi connectivity index (χ4n) is 1.89. The smallest absolute Gasteiger partial charge is 0.0931 e. The first-order valence-electron chi connectivity index (χ1n) is 7.44. The molecule has 1 N–H and O–H groups in total. The average molecular weight is 282 g/mol. The minimum absolute atomic E-state index is 0.177. The number of nitrogens with zero attached hydrogens (tertiary/aromatic N) is 1. The van der Waals surface area contributed by atoms with Crippen molar-refractivity contribution in [3.05, 3.63) is 16.1 Å². The van der Waals surface area contributed by atoms with Crippen molar-refractivity contribution in [2.45, 2.75) is 59.8 Å². The molecule has 0 aliphatic heterocycles. The molecule has 0 bridgehead atoms. The van der Waals surface area contributed by atoms with E-state index in [4.69, 9.17) is 4.98 Å². The van der Waals surface area contributed by atoms with Crippen LogP contribution >= 0.6 is 11.3 Å². The molecule has 1 rings (SSSR count). The number of rotatable bonds is 7. The van der Waals surface area contributed by atoms with Crippen molar-refractivity contribution in [1.82, 2.24) is 10.3 Å². The molecule has 1 aromatic heterocycles. The lowest BCUT2D eigenvalue weighted by molar-refractivity contribution is 0.472. The predicted octanol–water partition coefficient (Wildman–Crippen LogP) is 4.25. The third-order valence-electron chi connectivity index (χ3n) is 3.21. The van der Waals surface area contributed by atoms with Gasteiger partial charge < -0.3 is 5.32 Å². The zero-order chi connectivity index (χ0) is 14.5. The summed E-state index contributed by atoms with van der Waals surface area (Å²) < 4.78 is 0. The second-order valence-electron chi connectivity index (χ2n) is 7.07. The van der Waals surface area contributed by atoms with Gasteiger partial charge >= 0.3 is 0 Å². The van der Waals surface area contributed by atoms with E-state index in [9.17, 15) is 0 Å². The summed E-state index contributed by atoms with van der Waals surface area (Å²) >= 11 is 1.82. The monoisotopic (exact) mass is 282 g/mol. The van der Waals surface area contributed by atoms with E-state index in [2.05, 4.69) is 52.2 Å². The molecule has 0 saturated heterocycles. The molecule has 3 heteroatoms. The molecule has 2 nitrogen and oxygen atoms in total. The summed E-state index contributed by atoms with van der Waals surface area (Å²) in [5.74, 6) is 1.45. The number of aromatic nitrogens is 1. The Morgan fingerprint density at radius 1 is 1.26 bits per heavy atom. The van der Waals surface area contributed by atoms with E-state index in [0.29, 0.717) is 5.92 Å². The predicted molar refractivity (Wildman–Crippen MR) is 86.0 cm³/mol. The number of nitrogens with one attached hydrogen (secondary N) is 1. The molecule has 0 radical (unpaired) electrons.